The average Bonchev–Trinajstić information content (AvgIpc) is 2.20. The van der Waals surface area contributed by atoms with E-state index in [0.717, 1.165) is 12.8 Å². The fourth-order valence-corrected chi connectivity index (χ4v) is 2.55. The Labute approximate surface area is 110 Å². The summed E-state index contributed by atoms with van der Waals surface area (Å²) in [5.74, 6) is 0.980. The van der Waals surface area contributed by atoms with Crippen molar-refractivity contribution in [3.05, 3.63) is 0 Å². The Bertz CT molecular complexity index is 313. The van der Waals surface area contributed by atoms with Crippen molar-refractivity contribution in [3.8, 4) is 0 Å². The van der Waals surface area contributed by atoms with Crippen LogP contribution in [0.1, 0.15) is 47.5 Å². The Hall–Kier alpha value is -1.06. The van der Waals surface area contributed by atoms with Crippen LogP contribution in [0.3, 0.4) is 0 Å². The second-order valence-electron chi connectivity index (χ2n) is 6.19. The van der Waals surface area contributed by atoms with Crippen LogP contribution in [0.25, 0.3) is 0 Å². The Kier molecular flexibility index (Phi) is 5.17. The van der Waals surface area contributed by atoms with E-state index in [1.54, 1.807) is 4.90 Å². The number of hydrogen-bond donors (Lipinski definition) is 1. The lowest BCUT2D eigenvalue weighted by Gasteiger charge is -2.37. The zero-order valence-corrected chi connectivity index (χ0v) is 12.2. The molecular formula is C14H26N2O2. The van der Waals surface area contributed by atoms with Crippen LogP contribution in [0.2, 0.25) is 0 Å². The average molecular weight is 254 g/mol. The second-order valence-corrected chi connectivity index (χ2v) is 6.19. The van der Waals surface area contributed by atoms with Gasteiger partial charge in [-0.05, 0) is 31.6 Å². The van der Waals surface area contributed by atoms with Crippen LogP contribution < -0.4 is 5.32 Å². The first kappa shape index (κ1) is 15.0. The molecule has 0 aromatic rings. The van der Waals surface area contributed by atoms with Gasteiger partial charge in [0.25, 0.3) is 0 Å². The summed E-state index contributed by atoms with van der Waals surface area (Å²) in [6.45, 7) is 10.6. The summed E-state index contributed by atoms with van der Waals surface area (Å²) in [4.78, 5) is 25.8. The molecule has 18 heavy (non-hydrogen) atoms. The Morgan fingerprint density at radius 2 is 1.78 bits per heavy atom. The first-order valence-electron chi connectivity index (χ1n) is 6.91. The van der Waals surface area contributed by atoms with Gasteiger partial charge in [0.2, 0.25) is 11.8 Å². The molecule has 1 fully saturated rings. The largest absolute Gasteiger partial charge is 0.343 e. The predicted molar refractivity (Wildman–Crippen MR) is 72.0 cm³/mol. The maximum absolute atomic E-state index is 12.3. The summed E-state index contributed by atoms with van der Waals surface area (Å²) in [5.41, 5.74) is 0. The minimum absolute atomic E-state index is 0.0316. The van der Waals surface area contributed by atoms with Crippen LogP contribution >= 0.6 is 0 Å². The monoisotopic (exact) mass is 254 g/mol. The van der Waals surface area contributed by atoms with Crippen LogP contribution in [-0.2, 0) is 9.59 Å². The first-order valence-corrected chi connectivity index (χ1v) is 6.91. The van der Waals surface area contributed by atoms with E-state index in [9.17, 15) is 9.59 Å². The summed E-state index contributed by atoms with van der Waals surface area (Å²) >= 11 is 0. The molecule has 0 saturated carbocycles. The highest BCUT2D eigenvalue weighted by atomic mass is 16.2. The molecule has 1 aliphatic rings. The summed E-state index contributed by atoms with van der Waals surface area (Å²) in [6.07, 6.45) is 1.66. The lowest BCUT2D eigenvalue weighted by Crippen LogP contribution is -2.60. The van der Waals surface area contributed by atoms with Gasteiger partial charge in [-0.3, -0.25) is 9.59 Å². The van der Waals surface area contributed by atoms with Crippen molar-refractivity contribution in [3.63, 3.8) is 0 Å². The molecule has 2 unspecified atom stereocenters. The van der Waals surface area contributed by atoms with Crippen LogP contribution in [0.15, 0.2) is 0 Å². The fraction of sp³-hybridized carbons (Fsp3) is 0.857. The van der Waals surface area contributed by atoms with Gasteiger partial charge in [0.05, 0.1) is 6.54 Å². The molecule has 4 heteroatoms. The van der Waals surface area contributed by atoms with Gasteiger partial charge in [-0.15, -0.1) is 0 Å². The zero-order chi connectivity index (χ0) is 13.9. The van der Waals surface area contributed by atoms with Crippen LogP contribution in [0.4, 0.5) is 0 Å². The predicted octanol–water partition coefficient (Wildman–Crippen LogP) is 1.79. The van der Waals surface area contributed by atoms with Gasteiger partial charge in [-0.1, -0.05) is 27.7 Å². The third-order valence-corrected chi connectivity index (χ3v) is 3.28. The van der Waals surface area contributed by atoms with Gasteiger partial charge in [-0.25, -0.2) is 0 Å². The van der Waals surface area contributed by atoms with Crippen LogP contribution in [0.5, 0.6) is 0 Å². The maximum Gasteiger partial charge on any atom is 0.245 e. The molecule has 2 atom stereocenters. The smallest absolute Gasteiger partial charge is 0.245 e. The van der Waals surface area contributed by atoms with E-state index in [4.69, 9.17) is 0 Å². The lowest BCUT2D eigenvalue weighted by molar-refractivity contribution is -0.147. The second kappa shape index (κ2) is 6.21. The highest BCUT2D eigenvalue weighted by molar-refractivity contribution is 5.95. The van der Waals surface area contributed by atoms with Crippen molar-refractivity contribution in [1.82, 2.24) is 10.2 Å². The molecule has 1 heterocycles. The maximum atomic E-state index is 12.3. The number of hydrogen-bond acceptors (Lipinski definition) is 2. The van der Waals surface area contributed by atoms with Crippen molar-refractivity contribution < 1.29 is 9.59 Å². The molecule has 0 spiro atoms. The van der Waals surface area contributed by atoms with Crippen LogP contribution in [0, 0.1) is 11.8 Å². The lowest BCUT2D eigenvalue weighted by atomic mass is 9.98. The minimum atomic E-state index is -0.333. The van der Waals surface area contributed by atoms with Crippen molar-refractivity contribution in [2.75, 3.05) is 6.54 Å². The normalized spacial score (nSPS) is 22.6. The molecule has 1 N–H and O–H groups in total. The summed E-state index contributed by atoms with van der Waals surface area (Å²) in [7, 11) is 0. The molecule has 4 nitrogen and oxygen atoms in total. The van der Waals surface area contributed by atoms with E-state index >= 15 is 0 Å². The molecule has 0 aliphatic carbocycles. The van der Waals surface area contributed by atoms with Gasteiger partial charge in [0.15, 0.2) is 0 Å². The van der Waals surface area contributed by atoms with E-state index in [2.05, 4.69) is 33.0 Å². The van der Waals surface area contributed by atoms with E-state index in [1.807, 2.05) is 6.92 Å². The van der Waals surface area contributed by atoms with Gasteiger partial charge in [-0.2, -0.15) is 0 Å². The van der Waals surface area contributed by atoms with Crippen molar-refractivity contribution in [1.29, 1.82) is 0 Å². The Morgan fingerprint density at radius 3 is 2.28 bits per heavy atom. The molecule has 0 aromatic carbocycles. The van der Waals surface area contributed by atoms with Crippen molar-refractivity contribution >= 4 is 11.8 Å². The number of amides is 2. The molecule has 1 aliphatic heterocycles. The van der Waals surface area contributed by atoms with Gasteiger partial charge < -0.3 is 10.2 Å². The highest BCUT2D eigenvalue weighted by Crippen LogP contribution is 2.17. The topological polar surface area (TPSA) is 49.4 Å². The van der Waals surface area contributed by atoms with Crippen molar-refractivity contribution in [2.45, 2.75) is 59.5 Å². The first-order chi connectivity index (χ1) is 8.31. The number of piperazine rings is 1. The molecule has 0 aromatic heterocycles. The molecule has 0 bridgehead atoms. The molecular weight excluding hydrogens is 228 g/mol. The van der Waals surface area contributed by atoms with E-state index < -0.39 is 0 Å². The minimum Gasteiger partial charge on any atom is -0.343 e. The molecule has 1 rings (SSSR count). The Morgan fingerprint density at radius 1 is 1.17 bits per heavy atom. The van der Waals surface area contributed by atoms with Gasteiger partial charge >= 0.3 is 0 Å². The van der Waals surface area contributed by atoms with E-state index in [0.29, 0.717) is 11.8 Å². The van der Waals surface area contributed by atoms with E-state index in [1.165, 1.54) is 0 Å². The number of carbonyl (C=O) groups excluding carboxylic acids is 2. The number of rotatable bonds is 5. The van der Waals surface area contributed by atoms with Gasteiger partial charge in [0.1, 0.15) is 6.04 Å². The quantitative estimate of drug-likeness (QED) is 0.813. The summed E-state index contributed by atoms with van der Waals surface area (Å²) in [6, 6.07) is -0.195. The Balaban J connectivity index is 2.72. The summed E-state index contributed by atoms with van der Waals surface area (Å²) < 4.78 is 0. The SMILES string of the molecule is CC(C)CC1NC(=O)CN(C(C)CC(C)C)C1=O. The highest BCUT2D eigenvalue weighted by Gasteiger charge is 2.35. The molecule has 2 amide bonds. The van der Waals surface area contributed by atoms with Crippen molar-refractivity contribution in [2.24, 2.45) is 11.8 Å². The number of nitrogens with zero attached hydrogens (tertiary/aromatic N) is 1. The number of nitrogens with one attached hydrogen (secondary N) is 1. The van der Waals surface area contributed by atoms with Gasteiger partial charge in [0, 0.05) is 6.04 Å². The molecule has 1 saturated heterocycles. The fourth-order valence-electron chi connectivity index (χ4n) is 2.55. The zero-order valence-electron chi connectivity index (χ0n) is 12.2. The summed E-state index contributed by atoms with van der Waals surface area (Å²) in [5, 5.41) is 2.81. The van der Waals surface area contributed by atoms with E-state index in [-0.39, 0.29) is 30.4 Å². The third-order valence-electron chi connectivity index (χ3n) is 3.28. The number of carbonyl (C=O) groups is 2. The van der Waals surface area contributed by atoms with Crippen LogP contribution in [-0.4, -0.2) is 35.3 Å². The third kappa shape index (κ3) is 4.00. The standard InChI is InChI=1S/C14H26N2O2/c1-9(2)6-11(5)16-8-13(17)15-12(14(16)18)7-10(3)4/h9-12H,6-8H2,1-5H3,(H,15,17). The molecule has 0 radical (unpaired) electrons. The molecule has 104 valence electrons.